The maximum absolute atomic E-state index is 11.2. The second-order valence-corrected chi connectivity index (χ2v) is 3.22. The van der Waals surface area contributed by atoms with Crippen LogP contribution in [0.3, 0.4) is 0 Å². The van der Waals surface area contributed by atoms with Gasteiger partial charge in [-0.1, -0.05) is 11.6 Å². The van der Waals surface area contributed by atoms with Gasteiger partial charge in [0.1, 0.15) is 5.75 Å². The number of ether oxygens (including phenoxy) is 1. The van der Waals surface area contributed by atoms with Gasteiger partial charge in [0.05, 0.1) is 23.4 Å². The number of anilines is 1. The van der Waals surface area contributed by atoms with Crippen LogP contribution in [0.1, 0.15) is 10.4 Å². The fourth-order valence-electron chi connectivity index (χ4n) is 1.30. The van der Waals surface area contributed by atoms with Gasteiger partial charge in [0, 0.05) is 6.07 Å². The Labute approximate surface area is 84.8 Å². The van der Waals surface area contributed by atoms with Gasteiger partial charge < -0.3 is 10.1 Å². The fourth-order valence-corrected chi connectivity index (χ4v) is 1.54. The summed E-state index contributed by atoms with van der Waals surface area (Å²) in [5.74, 6) is -0.769. The lowest BCUT2D eigenvalue weighted by Gasteiger charge is -2.04. The Kier molecular flexibility index (Phi) is 1.93. The van der Waals surface area contributed by atoms with Gasteiger partial charge in [-0.25, -0.2) is 0 Å². The molecule has 0 fully saturated rings. The van der Waals surface area contributed by atoms with Crippen LogP contribution in [0.25, 0.3) is 0 Å². The van der Waals surface area contributed by atoms with Crippen LogP contribution in [0.2, 0.25) is 5.02 Å². The van der Waals surface area contributed by atoms with Crippen molar-refractivity contribution < 1.29 is 14.3 Å². The maximum atomic E-state index is 11.2. The number of hydrogen-bond donors (Lipinski definition) is 1. The van der Waals surface area contributed by atoms with Gasteiger partial charge in [-0.05, 0) is 6.07 Å². The van der Waals surface area contributed by atoms with Gasteiger partial charge in [0.2, 0.25) is 0 Å². The van der Waals surface area contributed by atoms with Crippen molar-refractivity contribution >= 4 is 29.0 Å². The third-order valence-electron chi connectivity index (χ3n) is 1.99. The molecule has 72 valence electrons. The number of hydrogen-bond acceptors (Lipinski definition) is 3. The highest BCUT2D eigenvalue weighted by molar-refractivity contribution is 6.52. The summed E-state index contributed by atoms with van der Waals surface area (Å²) < 4.78 is 4.95. The number of methoxy groups -OCH3 is 1. The molecule has 4 nitrogen and oxygen atoms in total. The minimum atomic E-state index is -0.635. The van der Waals surface area contributed by atoms with Gasteiger partial charge >= 0.3 is 0 Å². The van der Waals surface area contributed by atoms with Crippen molar-refractivity contribution in [1.82, 2.24) is 0 Å². The van der Waals surface area contributed by atoms with E-state index in [-0.39, 0.29) is 0 Å². The van der Waals surface area contributed by atoms with Crippen molar-refractivity contribution in [1.29, 1.82) is 0 Å². The number of Topliss-reactive ketones (excluding diaryl/α,β-unsaturated/α-hetero) is 1. The average Bonchev–Trinajstić information content (AvgIpc) is 2.43. The smallest absolute Gasteiger partial charge is 0.296 e. The van der Waals surface area contributed by atoms with Crippen molar-refractivity contribution in [2.24, 2.45) is 0 Å². The summed E-state index contributed by atoms with van der Waals surface area (Å²) in [5, 5.41) is 2.74. The van der Waals surface area contributed by atoms with Gasteiger partial charge in [0.15, 0.2) is 0 Å². The molecule has 1 aliphatic rings. The highest BCUT2D eigenvalue weighted by Gasteiger charge is 2.29. The zero-order valence-electron chi connectivity index (χ0n) is 7.26. The zero-order valence-corrected chi connectivity index (χ0v) is 8.01. The second kappa shape index (κ2) is 2.99. The van der Waals surface area contributed by atoms with Crippen molar-refractivity contribution in [3.05, 3.63) is 22.7 Å². The van der Waals surface area contributed by atoms with Crippen LogP contribution in [-0.2, 0) is 4.79 Å². The first-order valence-electron chi connectivity index (χ1n) is 3.86. The van der Waals surface area contributed by atoms with Crippen LogP contribution < -0.4 is 10.1 Å². The maximum Gasteiger partial charge on any atom is 0.296 e. The second-order valence-electron chi connectivity index (χ2n) is 2.82. The van der Waals surface area contributed by atoms with Crippen LogP contribution in [0.5, 0.6) is 5.75 Å². The molecule has 1 aliphatic heterocycles. The summed E-state index contributed by atoms with van der Waals surface area (Å²) in [4.78, 5) is 22.2. The number of nitrogens with one attached hydrogen (secondary N) is 1. The van der Waals surface area contributed by atoms with E-state index in [0.29, 0.717) is 22.0 Å². The van der Waals surface area contributed by atoms with Crippen molar-refractivity contribution in [3.8, 4) is 5.75 Å². The Morgan fingerprint density at radius 1 is 1.36 bits per heavy atom. The molecule has 0 bridgehead atoms. The molecule has 1 aromatic rings. The van der Waals surface area contributed by atoms with Gasteiger partial charge in [-0.2, -0.15) is 0 Å². The molecule has 2 rings (SSSR count). The summed E-state index contributed by atoms with van der Waals surface area (Å²) in [7, 11) is 1.46. The lowest BCUT2D eigenvalue weighted by Crippen LogP contribution is -2.12. The molecule has 0 radical (unpaired) electrons. The molecular formula is C9H6ClNO3. The number of rotatable bonds is 1. The SMILES string of the molecule is COc1cc2c(cc1Cl)C(=O)C(=O)N2. The third-order valence-corrected chi connectivity index (χ3v) is 2.29. The van der Waals surface area contributed by atoms with Gasteiger partial charge in [-0.3, -0.25) is 9.59 Å². The molecule has 1 heterocycles. The number of amides is 1. The average molecular weight is 212 g/mol. The Hall–Kier alpha value is -1.55. The quantitative estimate of drug-likeness (QED) is 0.716. The number of benzene rings is 1. The number of fused-ring (bicyclic) bond motifs is 1. The summed E-state index contributed by atoms with van der Waals surface area (Å²) in [5.41, 5.74) is 0.738. The molecule has 0 spiro atoms. The van der Waals surface area contributed by atoms with E-state index >= 15 is 0 Å². The minimum Gasteiger partial charge on any atom is -0.495 e. The Balaban J connectivity index is 2.60. The first kappa shape index (κ1) is 9.02. The number of carbonyl (C=O) groups excluding carboxylic acids is 2. The minimum absolute atomic E-state index is 0.292. The van der Waals surface area contributed by atoms with Crippen LogP contribution in [-0.4, -0.2) is 18.8 Å². The molecule has 1 aromatic carbocycles. The summed E-state index contributed by atoms with van der Waals surface area (Å²) >= 11 is 5.80. The van der Waals surface area contributed by atoms with E-state index in [2.05, 4.69) is 5.32 Å². The molecule has 0 atom stereocenters. The Bertz CT molecular complexity index is 442. The lowest BCUT2D eigenvalue weighted by molar-refractivity contribution is -0.112. The predicted octanol–water partition coefficient (Wildman–Crippen LogP) is 1.48. The van der Waals surface area contributed by atoms with E-state index in [9.17, 15) is 9.59 Å². The molecule has 1 amide bonds. The molecule has 0 saturated carbocycles. The van der Waals surface area contributed by atoms with Crippen LogP contribution in [0.4, 0.5) is 5.69 Å². The van der Waals surface area contributed by atoms with Gasteiger partial charge in [0.25, 0.3) is 11.7 Å². The lowest BCUT2D eigenvalue weighted by atomic mass is 10.1. The van der Waals surface area contributed by atoms with E-state index < -0.39 is 11.7 Å². The van der Waals surface area contributed by atoms with Crippen LogP contribution >= 0.6 is 11.6 Å². The number of halogens is 1. The van der Waals surface area contributed by atoms with Gasteiger partial charge in [-0.15, -0.1) is 0 Å². The highest BCUT2D eigenvalue weighted by atomic mass is 35.5. The monoisotopic (exact) mass is 211 g/mol. The molecular weight excluding hydrogens is 206 g/mol. The Morgan fingerprint density at radius 3 is 2.71 bits per heavy atom. The Morgan fingerprint density at radius 2 is 2.07 bits per heavy atom. The predicted molar refractivity (Wildman–Crippen MR) is 51.0 cm³/mol. The van der Waals surface area contributed by atoms with E-state index in [1.807, 2.05) is 0 Å². The van der Waals surface area contributed by atoms with E-state index in [0.717, 1.165) is 0 Å². The fraction of sp³-hybridized carbons (Fsp3) is 0.111. The zero-order chi connectivity index (χ0) is 10.3. The van der Waals surface area contributed by atoms with E-state index in [1.165, 1.54) is 19.2 Å². The molecule has 0 unspecified atom stereocenters. The normalized spacial score (nSPS) is 13.9. The summed E-state index contributed by atoms with van der Waals surface area (Å²) in [6, 6.07) is 2.95. The van der Waals surface area contributed by atoms with Crippen LogP contribution in [0.15, 0.2) is 12.1 Å². The van der Waals surface area contributed by atoms with E-state index in [4.69, 9.17) is 16.3 Å². The number of carbonyl (C=O) groups is 2. The molecule has 0 saturated heterocycles. The molecule has 5 heteroatoms. The third kappa shape index (κ3) is 1.15. The largest absolute Gasteiger partial charge is 0.495 e. The summed E-state index contributed by atoms with van der Waals surface area (Å²) in [6.45, 7) is 0. The standard InChI is InChI=1S/C9H6ClNO3/c1-14-7-3-6-4(2-5(7)10)8(12)9(13)11-6/h2-3H,1H3,(H,11,12,13). The first-order valence-corrected chi connectivity index (χ1v) is 4.24. The topological polar surface area (TPSA) is 55.4 Å². The van der Waals surface area contributed by atoms with Crippen LogP contribution in [0, 0.1) is 0 Å². The van der Waals surface area contributed by atoms with E-state index in [1.54, 1.807) is 0 Å². The molecule has 1 N–H and O–H groups in total. The molecule has 0 aliphatic carbocycles. The summed E-state index contributed by atoms with van der Waals surface area (Å²) in [6.07, 6.45) is 0. The first-order chi connectivity index (χ1) is 6.63. The van der Waals surface area contributed by atoms with Crippen molar-refractivity contribution in [2.75, 3.05) is 12.4 Å². The molecule has 0 aromatic heterocycles. The number of ketones is 1. The molecule has 14 heavy (non-hydrogen) atoms. The van der Waals surface area contributed by atoms with Crippen molar-refractivity contribution in [2.45, 2.75) is 0 Å². The van der Waals surface area contributed by atoms with Crippen molar-refractivity contribution in [3.63, 3.8) is 0 Å². The highest BCUT2D eigenvalue weighted by Crippen LogP contribution is 2.33.